The molecule has 100 valence electrons. The number of nitrogens with zero attached hydrogens (tertiary/aromatic N) is 1. The van der Waals surface area contributed by atoms with Crippen LogP contribution in [0.15, 0.2) is 34.7 Å². The number of carboxylic acid groups (broad SMARTS) is 1. The van der Waals surface area contributed by atoms with Crippen molar-refractivity contribution in [3.05, 3.63) is 36.1 Å². The minimum absolute atomic E-state index is 0.395. The molecule has 5 nitrogen and oxygen atoms in total. The molecule has 5 heteroatoms. The Labute approximate surface area is 110 Å². The lowest BCUT2D eigenvalue weighted by molar-refractivity contribution is -0.156. The number of morpholine rings is 1. The van der Waals surface area contributed by atoms with Crippen LogP contribution in [-0.2, 0) is 16.1 Å². The predicted molar refractivity (Wildman–Crippen MR) is 68.9 cm³/mol. The summed E-state index contributed by atoms with van der Waals surface area (Å²) in [6.45, 7) is 2.17. The first-order chi connectivity index (χ1) is 9.22. The fourth-order valence-corrected chi connectivity index (χ4v) is 2.33. The van der Waals surface area contributed by atoms with Crippen LogP contribution >= 0.6 is 0 Å². The second-order valence-electron chi connectivity index (χ2n) is 4.68. The van der Waals surface area contributed by atoms with Crippen molar-refractivity contribution in [3.63, 3.8) is 0 Å². The maximum Gasteiger partial charge on any atom is 0.334 e. The molecule has 1 aliphatic rings. The maximum absolute atomic E-state index is 10.9. The van der Waals surface area contributed by atoms with Crippen LogP contribution in [0.2, 0.25) is 0 Å². The van der Waals surface area contributed by atoms with E-state index < -0.39 is 12.1 Å². The van der Waals surface area contributed by atoms with Crippen molar-refractivity contribution in [2.75, 3.05) is 19.7 Å². The van der Waals surface area contributed by atoms with Crippen LogP contribution in [0.5, 0.6) is 0 Å². The minimum atomic E-state index is -0.908. The van der Waals surface area contributed by atoms with Crippen LogP contribution in [-0.4, -0.2) is 41.8 Å². The summed E-state index contributed by atoms with van der Waals surface area (Å²) in [6, 6.07) is 9.84. The highest BCUT2D eigenvalue weighted by Crippen LogP contribution is 2.20. The van der Waals surface area contributed by atoms with E-state index in [0.717, 1.165) is 23.3 Å². The highest BCUT2D eigenvalue weighted by atomic mass is 16.5. The topological polar surface area (TPSA) is 62.9 Å². The summed E-state index contributed by atoms with van der Waals surface area (Å²) in [5.41, 5.74) is 0.862. The van der Waals surface area contributed by atoms with Gasteiger partial charge in [-0.3, -0.25) is 4.90 Å². The Kier molecular flexibility index (Phi) is 3.23. The van der Waals surface area contributed by atoms with E-state index in [4.69, 9.17) is 14.3 Å². The van der Waals surface area contributed by atoms with Crippen LogP contribution < -0.4 is 0 Å². The number of hydrogen-bond donors (Lipinski definition) is 1. The van der Waals surface area contributed by atoms with Gasteiger partial charge in [-0.15, -0.1) is 0 Å². The zero-order chi connectivity index (χ0) is 13.2. The Balaban J connectivity index is 1.72. The number of fused-ring (bicyclic) bond motifs is 1. The summed E-state index contributed by atoms with van der Waals surface area (Å²) in [5, 5.41) is 10.0. The van der Waals surface area contributed by atoms with Crippen LogP contribution in [0, 0.1) is 0 Å². The maximum atomic E-state index is 10.9. The van der Waals surface area contributed by atoms with Gasteiger partial charge in [0.2, 0.25) is 0 Å². The molecule has 0 radical (unpaired) electrons. The van der Waals surface area contributed by atoms with Crippen molar-refractivity contribution in [1.29, 1.82) is 0 Å². The fourth-order valence-electron chi connectivity index (χ4n) is 2.33. The average molecular weight is 261 g/mol. The first-order valence-electron chi connectivity index (χ1n) is 6.26. The number of rotatable bonds is 3. The number of hydrogen-bond acceptors (Lipinski definition) is 4. The Bertz CT molecular complexity index is 559. The number of ether oxygens (including phenoxy) is 1. The Morgan fingerprint density at radius 3 is 3.05 bits per heavy atom. The van der Waals surface area contributed by atoms with Gasteiger partial charge in [-0.1, -0.05) is 18.2 Å². The quantitative estimate of drug-likeness (QED) is 0.911. The van der Waals surface area contributed by atoms with E-state index in [2.05, 4.69) is 0 Å². The van der Waals surface area contributed by atoms with Crippen molar-refractivity contribution >= 4 is 16.9 Å². The van der Waals surface area contributed by atoms with Gasteiger partial charge in [-0.2, -0.15) is 0 Å². The third kappa shape index (κ3) is 2.62. The van der Waals surface area contributed by atoms with Crippen LogP contribution in [0.1, 0.15) is 5.76 Å². The normalized spacial score (nSPS) is 20.7. The molecule has 2 heterocycles. The van der Waals surface area contributed by atoms with Gasteiger partial charge in [0.25, 0.3) is 0 Å². The fraction of sp³-hybridized carbons (Fsp3) is 0.357. The van der Waals surface area contributed by atoms with Crippen molar-refractivity contribution in [1.82, 2.24) is 4.90 Å². The van der Waals surface area contributed by atoms with Gasteiger partial charge in [0.1, 0.15) is 11.3 Å². The average Bonchev–Trinajstić information content (AvgIpc) is 2.81. The van der Waals surface area contributed by atoms with Crippen LogP contribution in [0.3, 0.4) is 0 Å². The third-order valence-electron chi connectivity index (χ3n) is 3.28. The first kappa shape index (κ1) is 12.2. The van der Waals surface area contributed by atoms with Crippen LogP contribution in [0.25, 0.3) is 11.0 Å². The van der Waals surface area contributed by atoms with Gasteiger partial charge in [-0.25, -0.2) is 4.79 Å². The molecule has 2 aromatic rings. The van der Waals surface area contributed by atoms with E-state index in [-0.39, 0.29) is 0 Å². The molecule has 1 fully saturated rings. The second-order valence-corrected chi connectivity index (χ2v) is 4.68. The van der Waals surface area contributed by atoms with Gasteiger partial charge >= 0.3 is 5.97 Å². The molecule has 1 aromatic heterocycles. The van der Waals surface area contributed by atoms with Crippen molar-refractivity contribution < 1.29 is 19.1 Å². The van der Waals surface area contributed by atoms with Crippen molar-refractivity contribution in [2.24, 2.45) is 0 Å². The van der Waals surface area contributed by atoms with Crippen molar-refractivity contribution in [2.45, 2.75) is 12.6 Å². The molecule has 0 bridgehead atoms. The van der Waals surface area contributed by atoms with E-state index in [9.17, 15) is 4.79 Å². The van der Waals surface area contributed by atoms with E-state index >= 15 is 0 Å². The number of para-hydroxylation sites is 1. The summed E-state index contributed by atoms with van der Waals surface area (Å²) in [5.74, 6) is -0.0541. The monoisotopic (exact) mass is 261 g/mol. The highest BCUT2D eigenvalue weighted by Gasteiger charge is 2.26. The van der Waals surface area contributed by atoms with Gasteiger partial charge in [0.15, 0.2) is 6.10 Å². The second kappa shape index (κ2) is 5.03. The summed E-state index contributed by atoms with van der Waals surface area (Å²) < 4.78 is 10.9. The van der Waals surface area contributed by atoms with Gasteiger partial charge in [-0.05, 0) is 12.1 Å². The Hall–Kier alpha value is -1.85. The molecule has 1 aliphatic heterocycles. The molecule has 0 unspecified atom stereocenters. The molecule has 0 aliphatic carbocycles. The number of aliphatic carboxylic acids is 1. The lowest BCUT2D eigenvalue weighted by Gasteiger charge is -2.29. The van der Waals surface area contributed by atoms with Crippen molar-refractivity contribution in [3.8, 4) is 0 Å². The van der Waals surface area contributed by atoms with Gasteiger partial charge in [0, 0.05) is 18.5 Å². The van der Waals surface area contributed by atoms with Gasteiger partial charge in [0.05, 0.1) is 13.2 Å². The first-order valence-corrected chi connectivity index (χ1v) is 6.26. The largest absolute Gasteiger partial charge is 0.479 e. The molecular formula is C14H15NO4. The van der Waals surface area contributed by atoms with E-state index in [1.165, 1.54) is 0 Å². The molecule has 0 saturated carbocycles. The molecule has 0 amide bonds. The number of furan rings is 1. The summed E-state index contributed by atoms with van der Waals surface area (Å²) in [7, 11) is 0. The molecular weight excluding hydrogens is 246 g/mol. The smallest absolute Gasteiger partial charge is 0.334 e. The zero-order valence-corrected chi connectivity index (χ0v) is 10.4. The SMILES string of the molecule is O=C(O)[C@@H]1CN(Cc2cc3ccccc3o2)CCO1. The van der Waals surface area contributed by atoms with E-state index in [1.807, 2.05) is 35.2 Å². The third-order valence-corrected chi connectivity index (χ3v) is 3.28. The lowest BCUT2D eigenvalue weighted by atomic mass is 10.2. The molecule has 1 atom stereocenters. The number of carboxylic acids is 1. The van der Waals surface area contributed by atoms with Gasteiger partial charge < -0.3 is 14.3 Å². The Morgan fingerprint density at radius 2 is 2.26 bits per heavy atom. The molecule has 0 spiro atoms. The standard InChI is InChI=1S/C14H15NO4/c16-14(17)13-9-15(5-6-18-13)8-11-7-10-3-1-2-4-12(10)19-11/h1-4,7,13H,5-6,8-9H2,(H,16,17)/t13-/m0/s1. The zero-order valence-electron chi connectivity index (χ0n) is 10.4. The predicted octanol–water partition coefficient (Wildman–Crippen LogP) is 1.72. The van der Waals surface area contributed by atoms with Crippen LogP contribution in [0.4, 0.5) is 0 Å². The number of carbonyl (C=O) groups is 1. The lowest BCUT2D eigenvalue weighted by Crippen LogP contribution is -2.45. The molecule has 1 aromatic carbocycles. The molecule has 19 heavy (non-hydrogen) atoms. The molecule has 3 rings (SSSR count). The van der Waals surface area contributed by atoms with E-state index in [1.54, 1.807) is 0 Å². The highest BCUT2D eigenvalue weighted by molar-refractivity contribution is 5.77. The Morgan fingerprint density at radius 1 is 1.42 bits per heavy atom. The van der Waals surface area contributed by atoms with E-state index in [0.29, 0.717) is 19.7 Å². The minimum Gasteiger partial charge on any atom is -0.479 e. The summed E-state index contributed by atoms with van der Waals surface area (Å²) in [6.07, 6.45) is -0.738. The molecule has 1 saturated heterocycles. The molecule has 1 N–H and O–H groups in total. The summed E-state index contributed by atoms with van der Waals surface area (Å²) in [4.78, 5) is 13.0. The summed E-state index contributed by atoms with van der Waals surface area (Å²) >= 11 is 0. The number of benzene rings is 1.